The number of nitrogens with zero attached hydrogens (tertiary/aromatic N) is 2. The van der Waals surface area contributed by atoms with Gasteiger partial charge in [-0.15, -0.1) is 0 Å². The molecule has 248 valence electrons. The second kappa shape index (κ2) is 12.3. The molecule has 2 aromatic heterocycles. The summed E-state index contributed by atoms with van der Waals surface area (Å²) in [4.78, 5) is 0. The first-order valence-electron chi connectivity index (χ1n) is 18.3. The van der Waals surface area contributed by atoms with Crippen LogP contribution in [0.4, 0.5) is 0 Å². The van der Waals surface area contributed by atoms with Gasteiger partial charge in [-0.05, 0) is 69.5 Å². The van der Waals surface area contributed by atoms with Crippen LogP contribution in [0, 0.1) is 5.92 Å². The highest BCUT2D eigenvalue weighted by Gasteiger charge is 2.47. The summed E-state index contributed by atoms with van der Waals surface area (Å²) in [6.07, 6.45) is 9.42. The van der Waals surface area contributed by atoms with Crippen LogP contribution in [0.25, 0.3) is 55.0 Å². The van der Waals surface area contributed by atoms with Crippen LogP contribution < -0.4 is 15.6 Å². The molecule has 0 N–H and O–H groups in total. The molecule has 9 aromatic rings. The third-order valence-corrected chi connectivity index (χ3v) is 16.8. The largest absolute Gasteiger partial charge is 0.309 e. The summed E-state index contributed by atoms with van der Waals surface area (Å²) < 4.78 is 5.00. The molecular weight excluding hydrogens is 645 g/mol. The van der Waals surface area contributed by atoms with Crippen molar-refractivity contribution in [3.8, 4) is 11.4 Å². The number of hydrogen-bond acceptors (Lipinski definition) is 0. The maximum Gasteiger partial charge on any atom is 0.155 e. The standard InChI is InChI=1S/C49H38N2Si/c1-35-18-8-17-31-49(35)52(38-19-4-2-5-20-38,39-21-6-3-7-22-39)40-33-36(50-45-27-13-9-23-41(45)42-24-10-14-28-46(42)50)32-37(34-40)51-47-29-15-11-25-43(47)44-26-12-16-30-48(44)51/h2-35,49H,1H3. The number of fused-ring (bicyclic) bond motifs is 6. The SMILES string of the molecule is CC1C=CC=CC1[Si](c1ccccc1)(c1ccccc1)c1cc(-n2c3ccccc3c3ccccc32)cc(-n2c3ccccc3c3ccccc32)c1. The number of para-hydroxylation sites is 4. The van der Waals surface area contributed by atoms with Crippen molar-refractivity contribution in [2.45, 2.75) is 12.5 Å². The summed E-state index contributed by atoms with van der Waals surface area (Å²) >= 11 is 0. The van der Waals surface area contributed by atoms with Crippen molar-refractivity contribution in [3.63, 3.8) is 0 Å². The summed E-state index contributed by atoms with van der Waals surface area (Å²) in [5.74, 6) is 0.352. The molecule has 1 aliphatic rings. The van der Waals surface area contributed by atoms with Crippen molar-refractivity contribution in [1.29, 1.82) is 0 Å². The molecule has 1 aliphatic carbocycles. The van der Waals surface area contributed by atoms with E-state index < -0.39 is 8.07 Å². The lowest BCUT2D eigenvalue weighted by atomic mass is 10.0. The van der Waals surface area contributed by atoms with Crippen LogP contribution in [0.15, 0.2) is 200 Å². The molecule has 2 atom stereocenters. The molecule has 10 rings (SSSR count). The van der Waals surface area contributed by atoms with Gasteiger partial charge in [0.25, 0.3) is 0 Å². The first-order chi connectivity index (χ1) is 25.7. The van der Waals surface area contributed by atoms with Crippen LogP contribution >= 0.6 is 0 Å². The molecule has 0 amide bonds. The summed E-state index contributed by atoms with van der Waals surface area (Å²) in [6, 6.07) is 65.8. The number of rotatable bonds is 6. The molecule has 0 bridgehead atoms. The monoisotopic (exact) mass is 682 g/mol. The highest BCUT2D eigenvalue weighted by molar-refractivity contribution is 7.12. The molecular formula is C49H38N2Si. The van der Waals surface area contributed by atoms with E-state index in [1.165, 1.54) is 70.5 Å². The van der Waals surface area contributed by atoms with E-state index >= 15 is 0 Å². The fourth-order valence-electron chi connectivity index (χ4n) is 9.22. The highest BCUT2D eigenvalue weighted by atomic mass is 28.3. The van der Waals surface area contributed by atoms with Crippen LogP contribution in [0.5, 0.6) is 0 Å². The Kier molecular flexibility index (Phi) is 7.22. The Morgan fingerprint density at radius 3 is 1.15 bits per heavy atom. The zero-order valence-electron chi connectivity index (χ0n) is 29.1. The lowest BCUT2D eigenvalue weighted by Crippen LogP contribution is -2.70. The van der Waals surface area contributed by atoms with Gasteiger partial charge in [0.1, 0.15) is 0 Å². The zero-order valence-corrected chi connectivity index (χ0v) is 30.1. The van der Waals surface area contributed by atoms with E-state index in [0.717, 1.165) is 0 Å². The van der Waals surface area contributed by atoms with Crippen LogP contribution in [-0.4, -0.2) is 17.2 Å². The lowest BCUT2D eigenvalue weighted by Gasteiger charge is -2.42. The van der Waals surface area contributed by atoms with E-state index in [-0.39, 0.29) is 0 Å². The van der Waals surface area contributed by atoms with E-state index in [1.807, 2.05) is 0 Å². The zero-order chi connectivity index (χ0) is 34.6. The van der Waals surface area contributed by atoms with Gasteiger partial charge < -0.3 is 9.13 Å². The minimum atomic E-state index is -2.81. The summed E-state index contributed by atoms with van der Waals surface area (Å²) in [6.45, 7) is 2.41. The predicted octanol–water partition coefficient (Wildman–Crippen LogP) is 10.5. The summed E-state index contributed by atoms with van der Waals surface area (Å²) in [5, 5.41) is 9.32. The van der Waals surface area contributed by atoms with Crippen molar-refractivity contribution in [2.75, 3.05) is 0 Å². The number of hydrogen-bond donors (Lipinski definition) is 0. The van der Waals surface area contributed by atoms with Gasteiger partial charge in [-0.1, -0.05) is 165 Å². The summed E-state index contributed by atoms with van der Waals surface area (Å²) in [7, 11) is -2.81. The van der Waals surface area contributed by atoms with Crippen molar-refractivity contribution in [2.24, 2.45) is 5.92 Å². The van der Waals surface area contributed by atoms with Gasteiger partial charge in [0.15, 0.2) is 8.07 Å². The van der Waals surface area contributed by atoms with E-state index in [9.17, 15) is 0 Å². The van der Waals surface area contributed by atoms with Crippen molar-refractivity contribution < 1.29 is 0 Å². The Balaban J connectivity index is 1.40. The minimum Gasteiger partial charge on any atom is -0.309 e. The van der Waals surface area contributed by atoms with Gasteiger partial charge in [0.2, 0.25) is 0 Å². The molecule has 7 aromatic carbocycles. The molecule has 52 heavy (non-hydrogen) atoms. The van der Waals surface area contributed by atoms with Gasteiger partial charge in [0.05, 0.1) is 22.1 Å². The summed E-state index contributed by atoms with van der Waals surface area (Å²) in [5.41, 5.74) is 7.52. The molecule has 0 aliphatic heterocycles. The van der Waals surface area contributed by atoms with Crippen LogP contribution in [0.3, 0.4) is 0 Å². The third kappa shape index (κ3) is 4.56. The van der Waals surface area contributed by atoms with Gasteiger partial charge in [-0.2, -0.15) is 0 Å². The first kappa shape index (κ1) is 30.6. The van der Waals surface area contributed by atoms with Gasteiger partial charge in [0, 0.05) is 32.9 Å². The molecule has 2 unspecified atom stereocenters. The number of allylic oxidation sites excluding steroid dienone is 4. The van der Waals surface area contributed by atoms with Crippen molar-refractivity contribution >= 4 is 67.2 Å². The molecule has 2 heterocycles. The third-order valence-electron chi connectivity index (χ3n) is 11.4. The second-order valence-electron chi connectivity index (χ2n) is 14.2. The fourth-order valence-corrected chi connectivity index (χ4v) is 14.9. The number of aromatic nitrogens is 2. The maximum absolute atomic E-state index is 2.81. The van der Waals surface area contributed by atoms with Crippen molar-refractivity contribution in [1.82, 2.24) is 9.13 Å². The molecule has 3 heteroatoms. The Hall–Kier alpha value is -6.16. The Bertz CT molecular complexity index is 2540. The minimum absolute atomic E-state index is 0.293. The number of benzene rings is 7. The molecule has 0 saturated heterocycles. The Morgan fingerprint density at radius 1 is 0.385 bits per heavy atom. The van der Waals surface area contributed by atoms with Crippen LogP contribution in [0.1, 0.15) is 6.92 Å². The van der Waals surface area contributed by atoms with Gasteiger partial charge in [-0.25, -0.2) is 0 Å². The van der Waals surface area contributed by atoms with E-state index in [4.69, 9.17) is 0 Å². The van der Waals surface area contributed by atoms with Gasteiger partial charge >= 0.3 is 0 Å². The van der Waals surface area contributed by atoms with E-state index in [0.29, 0.717) is 11.5 Å². The quantitative estimate of drug-likeness (QED) is 0.122. The molecule has 0 spiro atoms. The Morgan fingerprint density at radius 2 is 0.750 bits per heavy atom. The molecule has 2 nitrogen and oxygen atoms in total. The Labute approximate surface area is 305 Å². The predicted molar refractivity (Wildman–Crippen MR) is 224 cm³/mol. The highest BCUT2D eigenvalue weighted by Crippen LogP contribution is 2.39. The molecule has 0 saturated carbocycles. The van der Waals surface area contributed by atoms with Gasteiger partial charge in [-0.3, -0.25) is 0 Å². The molecule has 0 fully saturated rings. The van der Waals surface area contributed by atoms with E-state index in [1.54, 1.807) is 0 Å². The van der Waals surface area contributed by atoms with Crippen LogP contribution in [0.2, 0.25) is 5.54 Å². The maximum atomic E-state index is 2.54. The van der Waals surface area contributed by atoms with Crippen molar-refractivity contribution in [3.05, 3.63) is 200 Å². The smallest absolute Gasteiger partial charge is 0.155 e. The van der Waals surface area contributed by atoms with Crippen LogP contribution in [-0.2, 0) is 0 Å². The average molecular weight is 683 g/mol. The normalized spacial score (nSPS) is 16.0. The topological polar surface area (TPSA) is 9.86 Å². The average Bonchev–Trinajstić information content (AvgIpc) is 3.73. The fraction of sp³-hybridized carbons (Fsp3) is 0.0612. The first-order valence-corrected chi connectivity index (χ1v) is 20.4. The lowest BCUT2D eigenvalue weighted by molar-refractivity contribution is 0.720. The second-order valence-corrected chi connectivity index (χ2v) is 18.2. The molecule has 0 radical (unpaired) electrons. The van der Waals surface area contributed by atoms with E-state index in [2.05, 4.69) is 216 Å².